The van der Waals surface area contributed by atoms with E-state index in [0.717, 1.165) is 11.1 Å². The van der Waals surface area contributed by atoms with E-state index in [2.05, 4.69) is 5.32 Å². The van der Waals surface area contributed by atoms with Gasteiger partial charge in [0, 0.05) is 13.7 Å². The number of methoxy groups -OCH3 is 1. The molecule has 0 fully saturated rings. The molecule has 2 aromatic carbocycles. The number of nitrogens with one attached hydrogen (secondary N) is 1. The van der Waals surface area contributed by atoms with Gasteiger partial charge in [0.2, 0.25) is 0 Å². The Morgan fingerprint density at radius 1 is 1.11 bits per heavy atom. The molecule has 0 aromatic heterocycles. The zero-order valence-electron chi connectivity index (χ0n) is 10.6. The highest BCUT2D eigenvalue weighted by Crippen LogP contribution is 2.23. The molecule has 0 unspecified atom stereocenters. The van der Waals surface area contributed by atoms with Crippen molar-refractivity contribution in [1.29, 1.82) is 0 Å². The fraction of sp³-hybridized carbons (Fsp3) is 0.200. The summed E-state index contributed by atoms with van der Waals surface area (Å²) in [5.74, 6) is -0.423. The Labute approximate surface area is 117 Å². The first kappa shape index (κ1) is 13.8. The van der Waals surface area contributed by atoms with Crippen LogP contribution in [0.25, 0.3) is 0 Å². The molecular formula is C15H15ClFNO. The van der Waals surface area contributed by atoms with Crippen LogP contribution < -0.4 is 5.32 Å². The fourth-order valence-corrected chi connectivity index (χ4v) is 2.03. The Kier molecular flexibility index (Phi) is 4.77. The molecule has 2 nitrogen and oxygen atoms in total. The molecule has 2 rings (SSSR count). The molecule has 0 radical (unpaired) electrons. The molecule has 0 spiro atoms. The Hall–Kier alpha value is -1.58. The van der Waals surface area contributed by atoms with E-state index in [1.165, 1.54) is 6.07 Å². The monoisotopic (exact) mass is 279 g/mol. The van der Waals surface area contributed by atoms with Gasteiger partial charge in [0.15, 0.2) is 5.82 Å². The van der Waals surface area contributed by atoms with Gasteiger partial charge >= 0.3 is 0 Å². The molecule has 0 saturated heterocycles. The molecule has 0 aliphatic carbocycles. The number of halogens is 2. The molecule has 19 heavy (non-hydrogen) atoms. The summed E-state index contributed by atoms with van der Waals surface area (Å²) in [6.07, 6.45) is 0. The first-order valence-electron chi connectivity index (χ1n) is 5.96. The Morgan fingerprint density at radius 2 is 1.84 bits per heavy atom. The maximum Gasteiger partial charge on any atom is 0.164 e. The standard InChI is InChI=1S/C15H15ClFNO/c1-19-10-12-6-3-2-5-11(12)9-18-14-8-4-7-13(16)15(14)17/h2-8,18H,9-10H2,1H3. The molecule has 1 N–H and O–H groups in total. The highest BCUT2D eigenvalue weighted by atomic mass is 35.5. The van der Waals surface area contributed by atoms with E-state index >= 15 is 0 Å². The lowest BCUT2D eigenvalue weighted by Gasteiger charge is -2.12. The summed E-state index contributed by atoms with van der Waals surface area (Å²) in [4.78, 5) is 0. The van der Waals surface area contributed by atoms with E-state index in [0.29, 0.717) is 18.8 Å². The molecule has 2 aromatic rings. The van der Waals surface area contributed by atoms with Gasteiger partial charge in [-0.05, 0) is 23.3 Å². The Morgan fingerprint density at radius 3 is 2.58 bits per heavy atom. The lowest BCUT2D eigenvalue weighted by Crippen LogP contribution is -2.05. The van der Waals surface area contributed by atoms with E-state index in [4.69, 9.17) is 16.3 Å². The van der Waals surface area contributed by atoms with Gasteiger partial charge in [-0.15, -0.1) is 0 Å². The molecule has 0 bridgehead atoms. The normalized spacial score (nSPS) is 10.5. The largest absolute Gasteiger partial charge is 0.380 e. The molecule has 0 atom stereocenters. The lowest BCUT2D eigenvalue weighted by molar-refractivity contribution is 0.184. The van der Waals surface area contributed by atoms with Crippen LogP contribution in [-0.2, 0) is 17.9 Å². The molecule has 0 saturated carbocycles. The summed E-state index contributed by atoms with van der Waals surface area (Å²) < 4.78 is 18.9. The van der Waals surface area contributed by atoms with E-state index in [1.807, 2.05) is 24.3 Å². The van der Waals surface area contributed by atoms with Crippen molar-refractivity contribution >= 4 is 17.3 Å². The van der Waals surface area contributed by atoms with Crippen molar-refractivity contribution in [1.82, 2.24) is 0 Å². The number of anilines is 1. The number of hydrogen-bond donors (Lipinski definition) is 1. The van der Waals surface area contributed by atoms with Crippen LogP contribution >= 0.6 is 11.6 Å². The van der Waals surface area contributed by atoms with E-state index < -0.39 is 5.82 Å². The van der Waals surface area contributed by atoms with Gasteiger partial charge in [-0.3, -0.25) is 0 Å². The van der Waals surface area contributed by atoms with Gasteiger partial charge in [-0.2, -0.15) is 0 Å². The van der Waals surface area contributed by atoms with E-state index in [-0.39, 0.29) is 5.02 Å². The van der Waals surface area contributed by atoms with Crippen molar-refractivity contribution < 1.29 is 9.13 Å². The van der Waals surface area contributed by atoms with Crippen LogP contribution in [0.2, 0.25) is 5.02 Å². The average molecular weight is 280 g/mol. The second-order valence-corrected chi connectivity index (χ2v) is 4.56. The van der Waals surface area contributed by atoms with Gasteiger partial charge in [0.25, 0.3) is 0 Å². The smallest absolute Gasteiger partial charge is 0.164 e. The average Bonchev–Trinajstić information content (AvgIpc) is 2.42. The topological polar surface area (TPSA) is 21.3 Å². The third-order valence-electron chi connectivity index (χ3n) is 2.84. The molecule has 0 amide bonds. The van der Waals surface area contributed by atoms with E-state index in [9.17, 15) is 4.39 Å². The van der Waals surface area contributed by atoms with Crippen LogP contribution in [-0.4, -0.2) is 7.11 Å². The van der Waals surface area contributed by atoms with Crippen LogP contribution in [0.1, 0.15) is 11.1 Å². The van der Waals surface area contributed by atoms with Gasteiger partial charge in [-0.1, -0.05) is 41.9 Å². The van der Waals surface area contributed by atoms with Crippen LogP contribution in [0.15, 0.2) is 42.5 Å². The minimum Gasteiger partial charge on any atom is -0.380 e. The molecule has 4 heteroatoms. The maximum absolute atomic E-state index is 13.7. The third-order valence-corrected chi connectivity index (χ3v) is 3.13. The highest BCUT2D eigenvalue weighted by Gasteiger charge is 2.07. The zero-order valence-corrected chi connectivity index (χ0v) is 11.4. The molecule has 0 aliphatic rings. The molecular weight excluding hydrogens is 265 g/mol. The summed E-state index contributed by atoms with van der Waals surface area (Å²) >= 11 is 5.74. The summed E-state index contributed by atoms with van der Waals surface area (Å²) in [7, 11) is 1.65. The van der Waals surface area contributed by atoms with Crippen molar-refractivity contribution in [3.63, 3.8) is 0 Å². The molecule has 0 aliphatic heterocycles. The maximum atomic E-state index is 13.7. The first-order valence-corrected chi connectivity index (χ1v) is 6.33. The van der Waals surface area contributed by atoms with Crippen molar-refractivity contribution in [3.8, 4) is 0 Å². The number of ether oxygens (including phenoxy) is 1. The number of hydrogen-bond acceptors (Lipinski definition) is 2. The van der Waals surface area contributed by atoms with Gasteiger partial charge in [-0.25, -0.2) is 4.39 Å². The Balaban J connectivity index is 2.12. The zero-order chi connectivity index (χ0) is 13.7. The summed E-state index contributed by atoms with van der Waals surface area (Å²) in [6.45, 7) is 1.06. The van der Waals surface area contributed by atoms with Gasteiger partial charge in [0.05, 0.1) is 17.3 Å². The minimum atomic E-state index is -0.423. The lowest BCUT2D eigenvalue weighted by atomic mass is 10.1. The number of benzene rings is 2. The second-order valence-electron chi connectivity index (χ2n) is 4.16. The summed E-state index contributed by atoms with van der Waals surface area (Å²) in [6, 6.07) is 12.8. The van der Waals surface area contributed by atoms with E-state index in [1.54, 1.807) is 19.2 Å². The minimum absolute atomic E-state index is 0.121. The quantitative estimate of drug-likeness (QED) is 0.884. The predicted molar refractivity (Wildman–Crippen MR) is 75.9 cm³/mol. The van der Waals surface area contributed by atoms with Crippen LogP contribution in [0.3, 0.4) is 0 Å². The van der Waals surface area contributed by atoms with Crippen molar-refractivity contribution in [3.05, 3.63) is 64.4 Å². The molecule has 0 heterocycles. The predicted octanol–water partition coefficient (Wildman–Crippen LogP) is 4.24. The van der Waals surface area contributed by atoms with Gasteiger partial charge < -0.3 is 10.1 Å². The SMILES string of the molecule is COCc1ccccc1CNc1cccc(Cl)c1F. The van der Waals surface area contributed by atoms with Crippen LogP contribution in [0.4, 0.5) is 10.1 Å². The van der Waals surface area contributed by atoms with Crippen LogP contribution in [0.5, 0.6) is 0 Å². The van der Waals surface area contributed by atoms with Crippen molar-refractivity contribution in [2.45, 2.75) is 13.2 Å². The first-order chi connectivity index (χ1) is 9.22. The summed E-state index contributed by atoms with van der Waals surface area (Å²) in [5, 5.41) is 3.17. The van der Waals surface area contributed by atoms with Gasteiger partial charge in [0.1, 0.15) is 0 Å². The fourth-order valence-electron chi connectivity index (χ4n) is 1.86. The summed E-state index contributed by atoms with van der Waals surface area (Å²) in [5.41, 5.74) is 2.56. The highest BCUT2D eigenvalue weighted by molar-refractivity contribution is 6.31. The third kappa shape index (κ3) is 3.46. The van der Waals surface area contributed by atoms with Crippen molar-refractivity contribution in [2.24, 2.45) is 0 Å². The van der Waals surface area contributed by atoms with Crippen LogP contribution in [0, 0.1) is 5.82 Å². The molecule has 100 valence electrons. The second kappa shape index (κ2) is 6.55. The van der Waals surface area contributed by atoms with Crippen molar-refractivity contribution in [2.75, 3.05) is 12.4 Å². The Bertz CT molecular complexity index is 560. The number of rotatable bonds is 5.